The quantitative estimate of drug-likeness (QED) is 0.835. The number of hydrogen-bond acceptors (Lipinski definition) is 4. The maximum absolute atomic E-state index is 12.1. The molecule has 1 aliphatic heterocycles. The number of benzene rings is 1. The van der Waals surface area contributed by atoms with Crippen molar-refractivity contribution in [3.8, 4) is 0 Å². The van der Waals surface area contributed by atoms with Crippen molar-refractivity contribution in [2.45, 2.75) is 32.9 Å². The molecule has 0 atom stereocenters. The number of hydrogen-bond donors (Lipinski definition) is 2. The van der Waals surface area contributed by atoms with Gasteiger partial charge in [0.05, 0.1) is 12.2 Å². The molecule has 23 heavy (non-hydrogen) atoms. The fourth-order valence-electron chi connectivity index (χ4n) is 2.36. The van der Waals surface area contributed by atoms with Crippen LogP contribution in [0.1, 0.15) is 26.3 Å². The minimum absolute atomic E-state index is 0.143. The monoisotopic (exact) mass is 320 g/mol. The first-order valence-corrected chi connectivity index (χ1v) is 7.55. The number of carbonyl (C=O) groups excluding carboxylic acids is 2. The van der Waals surface area contributed by atoms with Crippen LogP contribution >= 0.6 is 0 Å². The van der Waals surface area contributed by atoms with E-state index in [1.165, 1.54) is 4.90 Å². The van der Waals surface area contributed by atoms with Gasteiger partial charge >= 0.3 is 12.1 Å². The lowest BCUT2D eigenvalue weighted by atomic mass is 10.1. The molecular formula is C16H24N4O3. The minimum atomic E-state index is -0.557. The fraction of sp³-hybridized carbons (Fsp3) is 0.500. The van der Waals surface area contributed by atoms with Gasteiger partial charge in [-0.3, -0.25) is 4.90 Å². The molecule has 1 aromatic rings. The van der Waals surface area contributed by atoms with Crippen molar-refractivity contribution in [3.05, 3.63) is 23.8 Å². The Morgan fingerprint density at radius 2 is 2.13 bits per heavy atom. The van der Waals surface area contributed by atoms with E-state index in [1.807, 2.05) is 20.8 Å². The molecule has 3 N–H and O–H groups in total. The van der Waals surface area contributed by atoms with E-state index >= 15 is 0 Å². The van der Waals surface area contributed by atoms with E-state index in [0.717, 1.165) is 11.3 Å². The molecule has 0 aliphatic carbocycles. The summed E-state index contributed by atoms with van der Waals surface area (Å²) in [5.41, 5.74) is 7.44. The lowest BCUT2D eigenvalue weighted by Gasteiger charge is -2.26. The van der Waals surface area contributed by atoms with Gasteiger partial charge in [-0.25, -0.2) is 9.59 Å². The Kier molecular flexibility index (Phi) is 4.68. The van der Waals surface area contributed by atoms with Crippen molar-refractivity contribution < 1.29 is 14.3 Å². The maximum atomic E-state index is 12.1. The van der Waals surface area contributed by atoms with Crippen LogP contribution in [0.4, 0.5) is 21.0 Å². The third-order valence-electron chi connectivity index (χ3n) is 3.36. The molecule has 0 unspecified atom stereocenters. The molecule has 0 spiro atoms. The number of nitrogens with zero attached hydrogens (tertiary/aromatic N) is 2. The van der Waals surface area contributed by atoms with Gasteiger partial charge in [0, 0.05) is 25.8 Å². The molecule has 7 nitrogen and oxygen atoms in total. The van der Waals surface area contributed by atoms with Gasteiger partial charge in [0.2, 0.25) is 0 Å². The molecule has 126 valence electrons. The molecule has 0 bridgehead atoms. The molecule has 1 heterocycles. The summed E-state index contributed by atoms with van der Waals surface area (Å²) in [4.78, 5) is 27.1. The average Bonchev–Trinajstić information content (AvgIpc) is 2.83. The van der Waals surface area contributed by atoms with Crippen molar-refractivity contribution in [2.24, 2.45) is 0 Å². The number of rotatable bonds is 3. The van der Waals surface area contributed by atoms with Crippen molar-refractivity contribution in [2.75, 3.05) is 30.8 Å². The van der Waals surface area contributed by atoms with Gasteiger partial charge in [-0.1, -0.05) is 0 Å². The van der Waals surface area contributed by atoms with Gasteiger partial charge < -0.3 is 20.7 Å². The Hall–Kier alpha value is -2.44. The molecule has 3 amide bonds. The third kappa shape index (κ3) is 4.28. The van der Waals surface area contributed by atoms with Crippen LogP contribution in [0.15, 0.2) is 18.2 Å². The lowest BCUT2D eigenvalue weighted by Crippen LogP contribution is -2.35. The number of ether oxygens (including phenoxy) is 1. The number of nitrogen functional groups attached to an aromatic ring is 1. The van der Waals surface area contributed by atoms with Gasteiger partial charge in [0.15, 0.2) is 0 Å². The van der Waals surface area contributed by atoms with Crippen molar-refractivity contribution >= 4 is 23.5 Å². The van der Waals surface area contributed by atoms with Crippen LogP contribution in [0, 0.1) is 0 Å². The highest BCUT2D eigenvalue weighted by Crippen LogP contribution is 2.26. The number of carbonyl (C=O) groups is 2. The third-order valence-corrected chi connectivity index (χ3v) is 3.36. The predicted molar refractivity (Wildman–Crippen MR) is 89.3 cm³/mol. The van der Waals surface area contributed by atoms with Gasteiger partial charge in [0.25, 0.3) is 0 Å². The second-order valence-corrected chi connectivity index (χ2v) is 6.61. The smallest absolute Gasteiger partial charge is 0.410 e. The summed E-state index contributed by atoms with van der Waals surface area (Å²) in [5.74, 6) is 0. The topological polar surface area (TPSA) is 87.9 Å². The fourth-order valence-corrected chi connectivity index (χ4v) is 2.36. The Labute approximate surface area is 136 Å². The van der Waals surface area contributed by atoms with E-state index in [0.29, 0.717) is 25.3 Å². The molecular weight excluding hydrogens is 296 g/mol. The average molecular weight is 320 g/mol. The highest BCUT2D eigenvalue weighted by molar-refractivity contribution is 5.95. The van der Waals surface area contributed by atoms with Crippen LogP contribution in [0.5, 0.6) is 0 Å². The number of amides is 3. The van der Waals surface area contributed by atoms with Crippen LogP contribution in [0.3, 0.4) is 0 Å². The van der Waals surface area contributed by atoms with Crippen LogP contribution < -0.4 is 16.0 Å². The Balaban J connectivity index is 2.20. The van der Waals surface area contributed by atoms with E-state index < -0.39 is 11.7 Å². The summed E-state index contributed by atoms with van der Waals surface area (Å²) in [6, 6.07) is 5.19. The number of nitrogens with one attached hydrogen (secondary N) is 1. The van der Waals surface area contributed by atoms with Crippen molar-refractivity contribution in [3.63, 3.8) is 0 Å². The number of nitrogens with two attached hydrogens (primary N) is 1. The largest absolute Gasteiger partial charge is 0.444 e. The van der Waals surface area contributed by atoms with Crippen molar-refractivity contribution in [1.29, 1.82) is 0 Å². The summed E-state index contributed by atoms with van der Waals surface area (Å²) in [6.07, 6.45) is -0.420. The van der Waals surface area contributed by atoms with Crippen molar-refractivity contribution in [1.82, 2.24) is 10.2 Å². The summed E-state index contributed by atoms with van der Waals surface area (Å²) in [7, 11) is 1.66. The van der Waals surface area contributed by atoms with E-state index in [1.54, 1.807) is 30.1 Å². The Morgan fingerprint density at radius 3 is 2.70 bits per heavy atom. The van der Waals surface area contributed by atoms with Crippen LogP contribution in [-0.4, -0.2) is 42.8 Å². The molecule has 2 rings (SSSR count). The molecule has 1 aromatic carbocycles. The Bertz CT molecular complexity index is 610. The number of urea groups is 1. The Morgan fingerprint density at radius 1 is 1.43 bits per heavy atom. The zero-order chi connectivity index (χ0) is 17.2. The minimum Gasteiger partial charge on any atom is -0.444 e. The van der Waals surface area contributed by atoms with Gasteiger partial charge in [-0.15, -0.1) is 0 Å². The van der Waals surface area contributed by atoms with Gasteiger partial charge in [0.1, 0.15) is 5.60 Å². The molecule has 1 aliphatic rings. The van der Waals surface area contributed by atoms with E-state index in [2.05, 4.69) is 5.32 Å². The summed E-state index contributed by atoms with van der Waals surface area (Å²) in [5, 5.41) is 2.77. The van der Waals surface area contributed by atoms with Crippen LogP contribution in [0.2, 0.25) is 0 Å². The lowest BCUT2D eigenvalue weighted by molar-refractivity contribution is 0.0285. The zero-order valence-electron chi connectivity index (χ0n) is 14.0. The first kappa shape index (κ1) is 16.9. The van der Waals surface area contributed by atoms with Crippen LogP contribution in [-0.2, 0) is 11.3 Å². The second-order valence-electron chi connectivity index (χ2n) is 6.61. The second kappa shape index (κ2) is 6.36. The molecule has 7 heteroatoms. The highest BCUT2D eigenvalue weighted by atomic mass is 16.6. The standard InChI is InChI=1S/C16H24N4O3/c1-16(2,3)23-15(22)19(4)10-11-9-12(17)5-6-13(11)20-8-7-18-14(20)21/h5-6,9H,7-8,10,17H2,1-4H3,(H,18,21). The first-order chi connectivity index (χ1) is 10.7. The summed E-state index contributed by atoms with van der Waals surface area (Å²) < 4.78 is 5.35. The SMILES string of the molecule is CN(Cc1cc(N)ccc1N1CCNC1=O)C(=O)OC(C)(C)C. The van der Waals surface area contributed by atoms with E-state index in [4.69, 9.17) is 10.5 Å². The van der Waals surface area contributed by atoms with Gasteiger partial charge in [-0.2, -0.15) is 0 Å². The molecule has 0 aromatic heterocycles. The maximum Gasteiger partial charge on any atom is 0.410 e. The number of anilines is 2. The molecule has 1 fully saturated rings. The predicted octanol–water partition coefficient (Wildman–Crippen LogP) is 2.17. The molecule has 0 saturated carbocycles. The molecule has 1 saturated heterocycles. The first-order valence-electron chi connectivity index (χ1n) is 7.55. The van der Waals surface area contributed by atoms with E-state index in [-0.39, 0.29) is 6.03 Å². The molecule has 0 radical (unpaired) electrons. The zero-order valence-corrected chi connectivity index (χ0v) is 14.0. The van der Waals surface area contributed by atoms with Crippen LogP contribution in [0.25, 0.3) is 0 Å². The highest BCUT2D eigenvalue weighted by Gasteiger charge is 2.25. The summed E-state index contributed by atoms with van der Waals surface area (Å²) >= 11 is 0. The summed E-state index contributed by atoms with van der Waals surface area (Å²) in [6.45, 7) is 6.95. The normalized spacial score (nSPS) is 14.6. The van der Waals surface area contributed by atoms with Gasteiger partial charge in [-0.05, 0) is 44.5 Å². The van der Waals surface area contributed by atoms with E-state index in [9.17, 15) is 9.59 Å².